The van der Waals surface area contributed by atoms with E-state index in [1.165, 1.54) is 38.5 Å². The van der Waals surface area contributed by atoms with Gasteiger partial charge in [0.1, 0.15) is 0 Å². The molecule has 0 bridgehead atoms. The number of aliphatic hydroxyl groups excluding tert-OH is 1. The lowest BCUT2D eigenvalue weighted by atomic mass is 10.1. The highest BCUT2D eigenvalue weighted by atomic mass is 16.4. The van der Waals surface area contributed by atoms with Gasteiger partial charge < -0.3 is 15.9 Å². The van der Waals surface area contributed by atoms with Gasteiger partial charge in [-0.3, -0.25) is 4.79 Å². The third-order valence-corrected chi connectivity index (χ3v) is 3.00. The Labute approximate surface area is 118 Å². The predicted octanol–water partition coefficient (Wildman–Crippen LogP) is 3.32. The Morgan fingerprint density at radius 2 is 1.47 bits per heavy atom. The number of carbonyl (C=O) groups is 1. The molecule has 0 aromatic carbocycles. The standard InChI is InChI=1S/C11H22O2.C4H11NO/c1-2-3-4-5-6-7-8-9-10-11(12)13;1-2-4(5)3-6/h2-10H2,1H3,(H,12,13);4,6H,2-3,5H2,1H3. The van der Waals surface area contributed by atoms with Crippen LogP contribution in [0.1, 0.15) is 78.1 Å². The zero-order valence-corrected chi connectivity index (χ0v) is 12.7. The molecule has 0 saturated carbocycles. The van der Waals surface area contributed by atoms with Crippen molar-refractivity contribution in [1.82, 2.24) is 0 Å². The van der Waals surface area contributed by atoms with Crippen LogP contribution in [0.25, 0.3) is 0 Å². The molecule has 116 valence electrons. The highest BCUT2D eigenvalue weighted by Crippen LogP contribution is 2.09. The molecule has 0 aliphatic carbocycles. The summed E-state index contributed by atoms with van der Waals surface area (Å²) in [6.07, 6.45) is 10.9. The smallest absolute Gasteiger partial charge is 0.303 e. The quantitative estimate of drug-likeness (QED) is 0.505. The first-order valence-electron chi connectivity index (χ1n) is 7.66. The number of hydrogen-bond donors (Lipinski definition) is 3. The van der Waals surface area contributed by atoms with Gasteiger partial charge in [-0.1, -0.05) is 58.8 Å². The van der Waals surface area contributed by atoms with Crippen molar-refractivity contribution >= 4 is 5.97 Å². The van der Waals surface area contributed by atoms with E-state index in [0.29, 0.717) is 6.42 Å². The second-order valence-corrected chi connectivity index (χ2v) is 4.97. The van der Waals surface area contributed by atoms with Gasteiger partial charge in [-0.05, 0) is 12.8 Å². The molecule has 0 spiro atoms. The molecule has 0 amide bonds. The third-order valence-electron chi connectivity index (χ3n) is 3.00. The summed E-state index contributed by atoms with van der Waals surface area (Å²) in [7, 11) is 0. The van der Waals surface area contributed by atoms with Crippen LogP contribution >= 0.6 is 0 Å². The minimum absolute atomic E-state index is 0.00926. The molecule has 4 heteroatoms. The third kappa shape index (κ3) is 23.0. The molecular weight excluding hydrogens is 242 g/mol. The van der Waals surface area contributed by atoms with E-state index in [2.05, 4.69) is 6.92 Å². The summed E-state index contributed by atoms with van der Waals surface area (Å²) < 4.78 is 0. The number of carboxylic acid groups (broad SMARTS) is 1. The van der Waals surface area contributed by atoms with Crippen LogP contribution in [-0.2, 0) is 4.79 Å². The second-order valence-electron chi connectivity index (χ2n) is 4.97. The minimum atomic E-state index is -0.661. The molecule has 0 aliphatic rings. The Bertz CT molecular complexity index is 182. The number of rotatable bonds is 11. The van der Waals surface area contributed by atoms with Crippen LogP contribution in [-0.4, -0.2) is 28.8 Å². The molecule has 1 unspecified atom stereocenters. The van der Waals surface area contributed by atoms with E-state index in [9.17, 15) is 4.79 Å². The number of aliphatic hydroxyl groups is 1. The lowest BCUT2D eigenvalue weighted by molar-refractivity contribution is -0.137. The van der Waals surface area contributed by atoms with E-state index in [0.717, 1.165) is 19.3 Å². The van der Waals surface area contributed by atoms with Gasteiger partial charge >= 0.3 is 5.97 Å². The molecule has 1 atom stereocenters. The molecule has 0 radical (unpaired) electrons. The lowest BCUT2D eigenvalue weighted by Crippen LogP contribution is -2.22. The first kappa shape index (κ1) is 20.7. The number of aliphatic carboxylic acids is 1. The SMILES string of the molecule is CCC(N)CO.CCCCCCCCCCC(=O)O. The van der Waals surface area contributed by atoms with Crippen molar-refractivity contribution in [2.24, 2.45) is 5.73 Å². The van der Waals surface area contributed by atoms with Crippen molar-refractivity contribution in [3.8, 4) is 0 Å². The molecule has 0 fully saturated rings. The molecule has 4 N–H and O–H groups in total. The normalized spacial score (nSPS) is 11.6. The maximum absolute atomic E-state index is 10.2. The van der Waals surface area contributed by atoms with Crippen LogP contribution in [0.5, 0.6) is 0 Å². The predicted molar refractivity (Wildman–Crippen MR) is 80.2 cm³/mol. The maximum Gasteiger partial charge on any atom is 0.303 e. The first-order valence-corrected chi connectivity index (χ1v) is 7.66. The molecular formula is C15H33NO3. The fraction of sp³-hybridized carbons (Fsp3) is 0.933. The van der Waals surface area contributed by atoms with Crippen LogP contribution in [0.15, 0.2) is 0 Å². The maximum atomic E-state index is 10.2. The van der Waals surface area contributed by atoms with Crippen LogP contribution in [0, 0.1) is 0 Å². The van der Waals surface area contributed by atoms with Gasteiger partial charge in [-0.2, -0.15) is 0 Å². The van der Waals surface area contributed by atoms with Gasteiger partial charge in [0.25, 0.3) is 0 Å². The van der Waals surface area contributed by atoms with Crippen LogP contribution < -0.4 is 5.73 Å². The Kier molecular flexibility index (Phi) is 18.9. The second kappa shape index (κ2) is 17.4. The highest BCUT2D eigenvalue weighted by molar-refractivity contribution is 5.66. The Balaban J connectivity index is 0. The minimum Gasteiger partial charge on any atom is -0.481 e. The Morgan fingerprint density at radius 3 is 1.79 bits per heavy atom. The average Bonchev–Trinajstić information content (AvgIpc) is 2.41. The summed E-state index contributed by atoms with van der Waals surface area (Å²) in [5.41, 5.74) is 5.22. The number of nitrogens with two attached hydrogens (primary N) is 1. The highest BCUT2D eigenvalue weighted by Gasteiger charge is 1.96. The molecule has 19 heavy (non-hydrogen) atoms. The molecule has 0 aromatic heterocycles. The van der Waals surface area contributed by atoms with Gasteiger partial charge in [-0.25, -0.2) is 0 Å². The van der Waals surface area contributed by atoms with Crippen molar-refractivity contribution in [3.63, 3.8) is 0 Å². The van der Waals surface area contributed by atoms with Gasteiger partial charge in [0.2, 0.25) is 0 Å². The Hall–Kier alpha value is -0.610. The summed E-state index contributed by atoms with van der Waals surface area (Å²) >= 11 is 0. The zero-order valence-electron chi connectivity index (χ0n) is 12.7. The van der Waals surface area contributed by atoms with E-state index in [1.54, 1.807) is 0 Å². The van der Waals surface area contributed by atoms with Crippen molar-refractivity contribution in [3.05, 3.63) is 0 Å². The Morgan fingerprint density at radius 1 is 1.00 bits per heavy atom. The number of hydrogen-bond acceptors (Lipinski definition) is 3. The van der Waals surface area contributed by atoms with Crippen LogP contribution in [0.4, 0.5) is 0 Å². The van der Waals surface area contributed by atoms with Gasteiger partial charge in [0, 0.05) is 12.5 Å². The molecule has 4 nitrogen and oxygen atoms in total. The topological polar surface area (TPSA) is 83.5 Å². The summed E-state index contributed by atoms with van der Waals surface area (Å²) in [6, 6.07) is -0.00926. The van der Waals surface area contributed by atoms with Crippen molar-refractivity contribution in [2.75, 3.05) is 6.61 Å². The van der Waals surface area contributed by atoms with E-state index >= 15 is 0 Å². The number of carboxylic acids is 1. The first-order chi connectivity index (χ1) is 9.08. The number of unbranched alkanes of at least 4 members (excludes halogenated alkanes) is 7. The molecule has 0 saturated heterocycles. The molecule has 0 aliphatic heterocycles. The monoisotopic (exact) mass is 275 g/mol. The van der Waals surface area contributed by atoms with Crippen LogP contribution in [0.2, 0.25) is 0 Å². The largest absolute Gasteiger partial charge is 0.481 e. The summed E-state index contributed by atoms with van der Waals surface area (Å²) in [4.78, 5) is 10.2. The van der Waals surface area contributed by atoms with Gasteiger partial charge in [0.15, 0.2) is 0 Å². The fourth-order valence-corrected chi connectivity index (χ4v) is 1.54. The molecule has 0 rings (SSSR count). The van der Waals surface area contributed by atoms with E-state index in [1.807, 2.05) is 6.92 Å². The van der Waals surface area contributed by atoms with Gasteiger partial charge in [-0.15, -0.1) is 0 Å². The summed E-state index contributed by atoms with van der Waals surface area (Å²) in [5, 5.41) is 16.6. The molecule has 0 heterocycles. The molecule has 0 aromatic rings. The fourth-order valence-electron chi connectivity index (χ4n) is 1.54. The van der Waals surface area contributed by atoms with E-state index in [4.69, 9.17) is 15.9 Å². The van der Waals surface area contributed by atoms with Gasteiger partial charge in [0.05, 0.1) is 6.61 Å². The summed E-state index contributed by atoms with van der Waals surface area (Å²) in [5.74, 6) is -0.661. The van der Waals surface area contributed by atoms with Crippen molar-refractivity contribution < 1.29 is 15.0 Å². The zero-order chi connectivity index (χ0) is 14.9. The van der Waals surface area contributed by atoms with E-state index in [-0.39, 0.29) is 12.6 Å². The van der Waals surface area contributed by atoms with Crippen molar-refractivity contribution in [1.29, 1.82) is 0 Å². The van der Waals surface area contributed by atoms with Crippen LogP contribution in [0.3, 0.4) is 0 Å². The lowest BCUT2D eigenvalue weighted by Gasteiger charge is -1.99. The van der Waals surface area contributed by atoms with E-state index < -0.39 is 5.97 Å². The summed E-state index contributed by atoms with van der Waals surface area (Å²) in [6.45, 7) is 4.27. The average molecular weight is 275 g/mol. The van der Waals surface area contributed by atoms with Crippen molar-refractivity contribution in [2.45, 2.75) is 84.1 Å².